The molecule has 0 amide bonds. The number of ether oxygens (including phenoxy) is 1. The third-order valence-corrected chi connectivity index (χ3v) is 5.39. The summed E-state index contributed by atoms with van der Waals surface area (Å²) < 4.78 is 7.07. The summed E-state index contributed by atoms with van der Waals surface area (Å²) in [5.74, 6) is 5.40. The molecular formula is C20H18N2OS. The highest BCUT2D eigenvalue weighted by atomic mass is 32.1. The molecule has 4 heteroatoms. The molecule has 1 saturated carbocycles. The Hall–Kier alpha value is -2.38. The van der Waals surface area contributed by atoms with E-state index in [9.17, 15) is 0 Å². The van der Waals surface area contributed by atoms with Gasteiger partial charge in [-0.2, -0.15) is 4.98 Å². The molecule has 2 aromatic heterocycles. The second-order valence-corrected chi connectivity index (χ2v) is 7.04. The number of aromatic nitrogens is 2. The number of nitrogens with zero attached hydrogens (tertiary/aromatic N) is 2. The molecule has 4 rings (SSSR count). The van der Waals surface area contributed by atoms with Gasteiger partial charge in [-0.25, -0.2) is 4.98 Å². The first-order chi connectivity index (χ1) is 11.8. The smallest absolute Gasteiger partial charge is 0.240 e. The molecule has 3 nitrogen and oxygen atoms in total. The third kappa shape index (κ3) is 3.00. The van der Waals surface area contributed by atoms with Crippen LogP contribution in [-0.2, 0) is 0 Å². The Kier molecular flexibility index (Phi) is 4.18. The normalized spacial score (nSPS) is 15.3. The molecule has 0 aliphatic heterocycles. The van der Waals surface area contributed by atoms with Crippen molar-refractivity contribution < 1.29 is 4.74 Å². The molecule has 0 saturated heterocycles. The molecule has 24 heavy (non-hydrogen) atoms. The standard InChI is InChI=1S/C20H18N2OS/c1-2-14-8-10-16(11-9-14)23-20-18-17(12-13-24-18)21-19(22-20)15-6-4-3-5-7-15/h1,8-13,15H,3-7H2. The van der Waals surface area contributed by atoms with E-state index in [2.05, 4.69) is 5.92 Å². The third-order valence-electron chi connectivity index (χ3n) is 4.50. The van der Waals surface area contributed by atoms with Gasteiger partial charge < -0.3 is 4.74 Å². The first-order valence-corrected chi connectivity index (χ1v) is 9.21. The van der Waals surface area contributed by atoms with Crippen LogP contribution in [0.4, 0.5) is 0 Å². The van der Waals surface area contributed by atoms with Crippen molar-refractivity contribution in [2.24, 2.45) is 0 Å². The predicted octanol–water partition coefficient (Wildman–Crippen LogP) is 5.51. The molecule has 1 aromatic carbocycles. The highest BCUT2D eigenvalue weighted by Gasteiger charge is 2.21. The zero-order chi connectivity index (χ0) is 16.4. The molecule has 0 unspecified atom stereocenters. The van der Waals surface area contributed by atoms with Crippen molar-refractivity contribution in [1.29, 1.82) is 0 Å². The van der Waals surface area contributed by atoms with Crippen LogP contribution in [0.1, 0.15) is 49.4 Å². The number of benzene rings is 1. The number of rotatable bonds is 3. The summed E-state index contributed by atoms with van der Waals surface area (Å²) >= 11 is 1.61. The van der Waals surface area contributed by atoms with Gasteiger partial charge in [0.15, 0.2) is 0 Å². The second kappa shape index (κ2) is 6.62. The van der Waals surface area contributed by atoms with Gasteiger partial charge in [0.25, 0.3) is 0 Å². The molecule has 0 bridgehead atoms. The molecule has 120 valence electrons. The van der Waals surface area contributed by atoms with Crippen molar-refractivity contribution >= 4 is 21.6 Å². The summed E-state index contributed by atoms with van der Waals surface area (Å²) in [5, 5.41) is 2.04. The van der Waals surface area contributed by atoms with Gasteiger partial charge in [0, 0.05) is 11.5 Å². The van der Waals surface area contributed by atoms with E-state index in [1.165, 1.54) is 32.1 Å². The van der Waals surface area contributed by atoms with Crippen LogP contribution >= 0.6 is 11.3 Å². The van der Waals surface area contributed by atoms with Gasteiger partial charge in [-0.05, 0) is 48.6 Å². The highest BCUT2D eigenvalue weighted by Crippen LogP contribution is 2.36. The van der Waals surface area contributed by atoms with Crippen molar-refractivity contribution in [1.82, 2.24) is 9.97 Å². The monoisotopic (exact) mass is 334 g/mol. The van der Waals surface area contributed by atoms with E-state index in [0.29, 0.717) is 11.8 Å². The van der Waals surface area contributed by atoms with Crippen LogP contribution in [0, 0.1) is 12.3 Å². The fourth-order valence-electron chi connectivity index (χ4n) is 3.20. The number of hydrogen-bond acceptors (Lipinski definition) is 4. The molecule has 1 aliphatic rings. The summed E-state index contributed by atoms with van der Waals surface area (Å²) in [6.45, 7) is 0. The maximum absolute atomic E-state index is 6.07. The van der Waals surface area contributed by atoms with Crippen LogP contribution in [0.5, 0.6) is 11.6 Å². The Labute approximate surface area is 145 Å². The zero-order valence-electron chi connectivity index (χ0n) is 13.4. The van der Waals surface area contributed by atoms with E-state index >= 15 is 0 Å². The minimum atomic E-state index is 0.453. The Morgan fingerprint density at radius 1 is 1.04 bits per heavy atom. The van der Waals surface area contributed by atoms with Crippen molar-refractivity contribution in [2.45, 2.75) is 38.0 Å². The predicted molar refractivity (Wildman–Crippen MR) is 97.7 cm³/mol. The fourth-order valence-corrected chi connectivity index (χ4v) is 3.95. The number of thiophene rings is 1. The number of hydrogen-bond donors (Lipinski definition) is 0. The van der Waals surface area contributed by atoms with E-state index in [1.54, 1.807) is 11.3 Å². The van der Waals surface area contributed by atoms with Crippen LogP contribution in [0.3, 0.4) is 0 Å². The summed E-state index contributed by atoms with van der Waals surface area (Å²) in [5.41, 5.74) is 1.82. The summed E-state index contributed by atoms with van der Waals surface area (Å²) in [6, 6.07) is 9.57. The van der Waals surface area contributed by atoms with Crippen LogP contribution < -0.4 is 4.74 Å². The van der Waals surface area contributed by atoms with Gasteiger partial charge in [-0.15, -0.1) is 17.8 Å². The van der Waals surface area contributed by atoms with Gasteiger partial charge >= 0.3 is 0 Å². The first kappa shape index (κ1) is 15.2. The van der Waals surface area contributed by atoms with Crippen molar-refractivity contribution in [3.8, 4) is 24.0 Å². The molecule has 0 N–H and O–H groups in total. The van der Waals surface area contributed by atoms with Crippen LogP contribution in [0.25, 0.3) is 10.2 Å². The van der Waals surface area contributed by atoms with Crippen molar-refractivity contribution in [3.05, 3.63) is 47.1 Å². The van der Waals surface area contributed by atoms with E-state index in [0.717, 1.165) is 27.4 Å². The lowest BCUT2D eigenvalue weighted by atomic mass is 9.89. The number of fused-ring (bicyclic) bond motifs is 1. The zero-order valence-corrected chi connectivity index (χ0v) is 14.2. The van der Waals surface area contributed by atoms with E-state index in [4.69, 9.17) is 21.1 Å². The SMILES string of the molecule is C#Cc1ccc(Oc2nc(C3CCCCC3)nc3ccsc23)cc1. The quantitative estimate of drug-likeness (QED) is 0.592. The van der Waals surface area contributed by atoms with Crippen LogP contribution in [-0.4, -0.2) is 9.97 Å². The summed E-state index contributed by atoms with van der Waals surface area (Å²) in [7, 11) is 0. The lowest BCUT2D eigenvalue weighted by Crippen LogP contribution is -2.09. The topological polar surface area (TPSA) is 35.0 Å². The maximum Gasteiger partial charge on any atom is 0.240 e. The summed E-state index contributed by atoms with van der Waals surface area (Å²) in [4.78, 5) is 9.55. The molecule has 0 atom stereocenters. The molecule has 0 radical (unpaired) electrons. The molecular weight excluding hydrogens is 316 g/mol. The second-order valence-electron chi connectivity index (χ2n) is 6.13. The molecule has 2 heterocycles. The van der Waals surface area contributed by atoms with E-state index in [-0.39, 0.29) is 0 Å². The average Bonchev–Trinajstić information content (AvgIpc) is 3.12. The highest BCUT2D eigenvalue weighted by molar-refractivity contribution is 7.17. The molecule has 3 aromatic rings. The summed E-state index contributed by atoms with van der Waals surface area (Å²) in [6.07, 6.45) is 11.6. The minimum absolute atomic E-state index is 0.453. The maximum atomic E-state index is 6.07. The van der Waals surface area contributed by atoms with Crippen molar-refractivity contribution in [2.75, 3.05) is 0 Å². The largest absolute Gasteiger partial charge is 0.437 e. The van der Waals surface area contributed by atoms with Gasteiger partial charge in [0.05, 0.1) is 5.52 Å². The van der Waals surface area contributed by atoms with Crippen molar-refractivity contribution in [3.63, 3.8) is 0 Å². The minimum Gasteiger partial charge on any atom is -0.437 e. The Morgan fingerprint density at radius 2 is 1.83 bits per heavy atom. The van der Waals surface area contributed by atoms with Gasteiger partial charge in [0.1, 0.15) is 16.3 Å². The first-order valence-electron chi connectivity index (χ1n) is 8.33. The van der Waals surface area contributed by atoms with Crippen LogP contribution in [0.15, 0.2) is 35.7 Å². The van der Waals surface area contributed by atoms with E-state index < -0.39 is 0 Å². The number of terminal acetylenes is 1. The molecule has 1 aliphatic carbocycles. The van der Waals surface area contributed by atoms with E-state index in [1.807, 2.05) is 35.7 Å². The fraction of sp³-hybridized carbons (Fsp3) is 0.300. The lowest BCUT2D eigenvalue weighted by molar-refractivity contribution is 0.418. The van der Waals surface area contributed by atoms with Gasteiger partial charge in [-0.1, -0.05) is 25.2 Å². The van der Waals surface area contributed by atoms with Gasteiger partial charge in [0.2, 0.25) is 5.88 Å². The Bertz CT molecular complexity index is 886. The average molecular weight is 334 g/mol. The van der Waals surface area contributed by atoms with Gasteiger partial charge in [-0.3, -0.25) is 0 Å². The molecule has 1 fully saturated rings. The lowest BCUT2D eigenvalue weighted by Gasteiger charge is -2.20. The molecule has 0 spiro atoms. The Balaban J connectivity index is 1.70. The Morgan fingerprint density at radius 3 is 2.58 bits per heavy atom. The van der Waals surface area contributed by atoms with Crippen LogP contribution in [0.2, 0.25) is 0 Å².